The first kappa shape index (κ1) is 15.9. The van der Waals surface area contributed by atoms with Gasteiger partial charge in [0, 0.05) is 24.0 Å². The molecular weight excluding hydrogens is 314 g/mol. The number of tetrazole rings is 1. The standard InChI is InChI=1S/C16H20ClN5O/c17-15-3-1-2-13(8-15)9-18-16(23)14-6-4-12(5-7-14)10-22-11-19-20-21-22/h1-3,8,11-12,14H,4-7,9-10H2,(H,18,23). The van der Waals surface area contributed by atoms with Gasteiger partial charge in [-0.05, 0) is 59.7 Å². The molecule has 7 heteroatoms. The lowest BCUT2D eigenvalue weighted by Crippen LogP contribution is -2.33. The van der Waals surface area contributed by atoms with Crippen molar-refractivity contribution in [3.05, 3.63) is 41.2 Å². The molecule has 0 atom stereocenters. The molecule has 1 heterocycles. The molecule has 23 heavy (non-hydrogen) atoms. The minimum absolute atomic E-state index is 0.110. The number of nitrogens with zero attached hydrogens (tertiary/aromatic N) is 4. The number of rotatable bonds is 5. The number of hydrogen-bond donors (Lipinski definition) is 1. The lowest BCUT2D eigenvalue weighted by atomic mass is 9.81. The molecule has 0 spiro atoms. The second kappa shape index (κ2) is 7.55. The van der Waals surface area contributed by atoms with Crippen LogP contribution in [0.4, 0.5) is 0 Å². The average Bonchev–Trinajstić information content (AvgIpc) is 3.06. The van der Waals surface area contributed by atoms with Crippen LogP contribution in [0, 0.1) is 11.8 Å². The van der Waals surface area contributed by atoms with Crippen molar-refractivity contribution in [2.75, 3.05) is 0 Å². The van der Waals surface area contributed by atoms with Gasteiger partial charge in [-0.2, -0.15) is 0 Å². The third kappa shape index (κ3) is 4.51. The first-order valence-electron chi connectivity index (χ1n) is 7.93. The van der Waals surface area contributed by atoms with Crippen molar-refractivity contribution in [2.24, 2.45) is 11.8 Å². The van der Waals surface area contributed by atoms with Gasteiger partial charge in [-0.3, -0.25) is 4.79 Å². The molecular formula is C16H20ClN5O. The van der Waals surface area contributed by atoms with Gasteiger partial charge in [-0.25, -0.2) is 4.68 Å². The zero-order valence-corrected chi connectivity index (χ0v) is 13.6. The van der Waals surface area contributed by atoms with Crippen molar-refractivity contribution in [2.45, 2.75) is 38.8 Å². The molecule has 0 aliphatic heterocycles. The molecule has 1 aliphatic carbocycles. The summed E-state index contributed by atoms with van der Waals surface area (Å²) in [5.74, 6) is 0.806. The number of benzene rings is 1. The van der Waals surface area contributed by atoms with E-state index in [-0.39, 0.29) is 11.8 Å². The van der Waals surface area contributed by atoms with E-state index in [4.69, 9.17) is 11.6 Å². The summed E-state index contributed by atoms with van der Waals surface area (Å²) in [6, 6.07) is 7.58. The van der Waals surface area contributed by atoms with Gasteiger partial charge in [-0.1, -0.05) is 23.7 Å². The summed E-state index contributed by atoms with van der Waals surface area (Å²) in [7, 11) is 0. The maximum Gasteiger partial charge on any atom is 0.223 e. The fourth-order valence-corrected chi connectivity index (χ4v) is 3.33. The maximum atomic E-state index is 12.3. The lowest BCUT2D eigenvalue weighted by Gasteiger charge is -2.27. The van der Waals surface area contributed by atoms with Crippen LogP contribution in [0.2, 0.25) is 5.02 Å². The highest BCUT2D eigenvalue weighted by atomic mass is 35.5. The van der Waals surface area contributed by atoms with E-state index in [2.05, 4.69) is 20.8 Å². The van der Waals surface area contributed by atoms with Crippen LogP contribution in [0.1, 0.15) is 31.2 Å². The van der Waals surface area contributed by atoms with E-state index < -0.39 is 0 Å². The summed E-state index contributed by atoms with van der Waals surface area (Å²) >= 11 is 5.95. The molecule has 2 aromatic rings. The largest absolute Gasteiger partial charge is 0.352 e. The molecule has 1 fully saturated rings. The monoisotopic (exact) mass is 333 g/mol. The van der Waals surface area contributed by atoms with Crippen molar-refractivity contribution < 1.29 is 4.79 Å². The topological polar surface area (TPSA) is 72.7 Å². The van der Waals surface area contributed by atoms with Crippen LogP contribution in [0.3, 0.4) is 0 Å². The highest BCUT2D eigenvalue weighted by molar-refractivity contribution is 6.30. The first-order chi connectivity index (χ1) is 11.2. The van der Waals surface area contributed by atoms with Crippen molar-refractivity contribution in [1.82, 2.24) is 25.5 Å². The van der Waals surface area contributed by atoms with E-state index in [1.807, 2.05) is 24.3 Å². The SMILES string of the molecule is O=C(NCc1cccc(Cl)c1)C1CCC(Cn2cnnn2)CC1. The number of hydrogen-bond acceptors (Lipinski definition) is 4. The predicted octanol–water partition coefficient (Wildman–Crippen LogP) is 2.45. The van der Waals surface area contributed by atoms with Crippen LogP contribution in [-0.2, 0) is 17.9 Å². The summed E-state index contributed by atoms with van der Waals surface area (Å²) in [5, 5.41) is 14.9. The Kier molecular flexibility index (Phi) is 5.23. The van der Waals surface area contributed by atoms with E-state index in [1.165, 1.54) is 0 Å². The second-order valence-corrected chi connectivity index (χ2v) is 6.53. The predicted molar refractivity (Wildman–Crippen MR) is 86.6 cm³/mol. The molecule has 3 rings (SSSR count). The van der Waals surface area contributed by atoms with E-state index >= 15 is 0 Å². The van der Waals surface area contributed by atoms with E-state index in [0.29, 0.717) is 17.5 Å². The number of carbonyl (C=O) groups is 1. The summed E-state index contributed by atoms with van der Waals surface area (Å²) in [6.45, 7) is 1.37. The minimum Gasteiger partial charge on any atom is -0.352 e. The zero-order valence-electron chi connectivity index (χ0n) is 12.9. The maximum absolute atomic E-state index is 12.3. The molecule has 122 valence electrons. The molecule has 1 aromatic carbocycles. The van der Waals surface area contributed by atoms with Crippen molar-refractivity contribution >= 4 is 17.5 Å². The molecule has 0 radical (unpaired) electrons. The summed E-state index contributed by atoms with van der Waals surface area (Å²) in [4.78, 5) is 12.3. The molecule has 1 N–H and O–H groups in total. The fourth-order valence-electron chi connectivity index (χ4n) is 3.12. The fraction of sp³-hybridized carbons (Fsp3) is 0.500. The van der Waals surface area contributed by atoms with Gasteiger partial charge in [0.1, 0.15) is 6.33 Å². The number of halogens is 1. The quantitative estimate of drug-likeness (QED) is 0.912. The Bertz CT molecular complexity index is 638. The highest BCUT2D eigenvalue weighted by Gasteiger charge is 2.26. The Morgan fingerprint density at radius 3 is 2.83 bits per heavy atom. The van der Waals surface area contributed by atoms with Crippen LogP contribution in [0.25, 0.3) is 0 Å². The lowest BCUT2D eigenvalue weighted by molar-refractivity contribution is -0.126. The van der Waals surface area contributed by atoms with Crippen LogP contribution in [0.5, 0.6) is 0 Å². The van der Waals surface area contributed by atoms with Gasteiger partial charge < -0.3 is 5.32 Å². The zero-order chi connectivity index (χ0) is 16.1. The highest BCUT2D eigenvalue weighted by Crippen LogP contribution is 2.29. The number of amides is 1. The Labute approximate surface area is 140 Å². The van der Waals surface area contributed by atoms with Gasteiger partial charge in [0.15, 0.2) is 0 Å². The van der Waals surface area contributed by atoms with E-state index in [1.54, 1.807) is 11.0 Å². The molecule has 1 saturated carbocycles. The van der Waals surface area contributed by atoms with Gasteiger partial charge in [0.2, 0.25) is 5.91 Å². The van der Waals surface area contributed by atoms with Gasteiger partial charge in [-0.15, -0.1) is 5.10 Å². The molecule has 0 bridgehead atoms. The van der Waals surface area contributed by atoms with Crippen LogP contribution >= 0.6 is 11.6 Å². The Balaban J connectivity index is 1.43. The number of aromatic nitrogens is 4. The van der Waals surface area contributed by atoms with E-state index in [9.17, 15) is 4.79 Å². The molecule has 1 amide bonds. The van der Waals surface area contributed by atoms with E-state index in [0.717, 1.165) is 37.8 Å². The summed E-state index contributed by atoms with van der Waals surface area (Å²) in [5.41, 5.74) is 1.03. The Morgan fingerprint density at radius 1 is 1.30 bits per heavy atom. The second-order valence-electron chi connectivity index (χ2n) is 6.10. The van der Waals surface area contributed by atoms with Gasteiger partial charge in [0.05, 0.1) is 0 Å². The Hall–Kier alpha value is -1.95. The third-order valence-corrected chi connectivity index (χ3v) is 4.65. The van der Waals surface area contributed by atoms with Gasteiger partial charge >= 0.3 is 0 Å². The number of nitrogens with one attached hydrogen (secondary N) is 1. The first-order valence-corrected chi connectivity index (χ1v) is 8.31. The molecule has 0 unspecified atom stereocenters. The van der Waals surface area contributed by atoms with Crippen molar-refractivity contribution in [3.63, 3.8) is 0 Å². The number of carbonyl (C=O) groups excluding carboxylic acids is 1. The Morgan fingerprint density at radius 2 is 2.13 bits per heavy atom. The molecule has 0 saturated heterocycles. The van der Waals surface area contributed by atoms with Crippen molar-refractivity contribution in [3.8, 4) is 0 Å². The van der Waals surface area contributed by atoms with Gasteiger partial charge in [0.25, 0.3) is 0 Å². The average molecular weight is 334 g/mol. The molecule has 1 aliphatic rings. The molecule has 1 aromatic heterocycles. The molecule has 6 nitrogen and oxygen atoms in total. The van der Waals surface area contributed by atoms with Crippen LogP contribution < -0.4 is 5.32 Å². The summed E-state index contributed by atoms with van der Waals surface area (Å²) in [6.07, 6.45) is 5.57. The third-order valence-electron chi connectivity index (χ3n) is 4.41. The van der Waals surface area contributed by atoms with Crippen LogP contribution in [0.15, 0.2) is 30.6 Å². The van der Waals surface area contributed by atoms with Crippen LogP contribution in [-0.4, -0.2) is 26.1 Å². The normalized spacial score (nSPS) is 21.1. The minimum atomic E-state index is 0.110. The smallest absolute Gasteiger partial charge is 0.223 e. The van der Waals surface area contributed by atoms with Crippen molar-refractivity contribution in [1.29, 1.82) is 0 Å². The summed E-state index contributed by atoms with van der Waals surface area (Å²) < 4.78 is 1.77.